The Morgan fingerprint density at radius 2 is 2.29 bits per heavy atom. The van der Waals surface area contributed by atoms with Crippen molar-refractivity contribution in [2.75, 3.05) is 0 Å². The summed E-state index contributed by atoms with van der Waals surface area (Å²) in [6.07, 6.45) is 6.01. The van der Waals surface area contributed by atoms with Crippen LogP contribution in [0.3, 0.4) is 0 Å². The molecule has 0 amide bonds. The lowest BCUT2D eigenvalue weighted by molar-refractivity contribution is 0.561. The van der Waals surface area contributed by atoms with Gasteiger partial charge in [-0.3, -0.25) is 9.36 Å². The minimum Gasteiger partial charge on any atom is -0.308 e. The van der Waals surface area contributed by atoms with Crippen LogP contribution in [-0.4, -0.2) is 30.6 Å². The number of aromatic nitrogens is 5. The summed E-state index contributed by atoms with van der Waals surface area (Å²) in [6, 6.07) is 2.76. The predicted octanol–water partition coefficient (Wildman–Crippen LogP) is 0.312. The van der Waals surface area contributed by atoms with E-state index in [4.69, 9.17) is 0 Å². The molecule has 0 aliphatic heterocycles. The van der Waals surface area contributed by atoms with Crippen molar-refractivity contribution >= 4 is 0 Å². The van der Waals surface area contributed by atoms with E-state index in [0.29, 0.717) is 12.6 Å². The van der Waals surface area contributed by atoms with Crippen LogP contribution >= 0.6 is 0 Å². The molecule has 6 nitrogen and oxygen atoms in total. The van der Waals surface area contributed by atoms with Gasteiger partial charge in [-0.05, 0) is 18.9 Å². The van der Waals surface area contributed by atoms with E-state index in [1.807, 2.05) is 24.0 Å². The maximum atomic E-state index is 4.33. The molecule has 2 aromatic rings. The van der Waals surface area contributed by atoms with E-state index in [1.165, 1.54) is 18.5 Å². The van der Waals surface area contributed by atoms with Gasteiger partial charge in [-0.15, -0.1) is 0 Å². The van der Waals surface area contributed by atoms with Crippen LogP contribution in [0.15, 0.2) is 18.6 Å². The zero-order chi connectivity index (χ0) is 11.7. The first-order chi connectivity index (χ1) is 8.33. The monoisotopic (exact) mass is 232 g/mol. The normalized spacial score (nSPS) is 15.4. The number of hydrogen-bond donors (Lipinski definition) is 1. The molecule has 0 spiro atoms. The first-order valence-electron chi connectivity index (χ1n) is 5.90. The Kier molecular flexibility index (Phi) is 2.64. The molecule has 0 radical (unpaired) electrons. The maximum absolute atomic E-state index is 4.33. The molecule has 1 saturated carbocycles. The topological polar surface area (TPSA) is 60.6 Å². The second-order valence-corrected chi connectivity index (χ2v) is 4.44. The summed E-state index contributed by atoms with van der Waals surface area (Å²) < 4.78 is 3.75. The van der Waals surface area contributed by atoms with Crippen LogP contribution in [0.25, 0.3) is 0 Å². The molecule has 3 rings (SSSR count). The van der Waals surface area contributed by atoms with Crippen molar-refractivity contribution < 1.29 is 0 Å². The van der Waals surface area contributed by atoms with Gasteiger partial charge in [0, 0.05) is 25.8 Å². The molecule has 0 saturated heterocycles. The van der Waals surface area contributed by atoms with Gasteiger partial charge in [0.15, 0.2) is 0 Å². The summed E-state index contributed by atoms with van der Waals surface area (Å²) in [5.41, 5.74) is 1.19. The van der Waals surface area contributed by atoms with Crippen LogP contribution in [0, 0.1) is 0 Å². The summed E-state index contributed by atoms with van der Waals surface area (Å²) in [6.45, 7) is 1.55. The lowest BCUT2D eigenvalue weighted by atomic mass is 10.4. The van der Waals surface area contributed by atoms with Crippen molar-refractivity contribution in [2.45, 2.75) is 32.0 Å². The van der Waals surface area contributed by atoms with Crippen molar-refractivity contribution in [1.29, 1.82) is 0 Å². The van der Waals surface area contributed by atoms with Gasteiger partial charge >= 0.3 is 0 Å². The highest BCUT2D eigenvalue weighted by Gasteiger charge is 2.20. The number of nitrogens with one attached hydrogen (secondary N) is 1. The fourth-order valence-electron chi connectivity index (χ4n) is 1.79. The highest BCUT2D eigenvalue weighted by Crippen LogP contribution is 2.19. The highest BCUT2D eigenvalue weighted by atomic mass is 15.4. The molecule has 2 heterocycles. The molecule has 1 aliphatic rings. The van der Waals surface area contributed by atoms with Gasteiger partial charge in [-0.1, -0.05) is 0 Å². The third-order valence-electron chi connectivity index (χ3n) is 3.05. The molecule has 1 N–H and O–H groups in total. The summed E-state index contributed by atoms with van der Waals surface area (Å²) in [4.78, 5) is 4.21. The Hall–Kier alpha value is -1.69. The van der Waals surface area contributed by atoms with E-state index < -0.39 is 0 Å². The van der Waals surface area contributed by atoms with Crippen LogP contribution in [-0.2, 0) is 20.1 Å². The molecule has 17 heavy (non-hydrogen) atoms. The third-order valence-corrected chi connectivity index (χ3v) is 3.05. The summed E-state index contributed by atoms with van der Waals surface area (Å²) in [5.74, 6) is 0.918. The third kappa shape index (κ3) is 2.36. The maximum Gasteiger partial charge on any atom is 0.148 e. The fraction of sp³-hybridized carbons (Fsp3) is 0.545. The van der Waals surface area contributed by atoms with Crippen molar-refractivity contribution in [3.05, 3.63) is 30.1 Å². The second-order valence-electron chi connectivity index (χ2n) is 4.44. The smallest absolute Gasteiger partial charge is 0.148 e. The lowest BCUT2D eigenvalue weighted by Crippen LogP contribution is -2.19. The Morgan fingerprint density at radius 3 is 3.00 bits per heavy atom. The molecule has 0 unspecified atom stereocenters. The average molecular weight is 232 g/mol. The van der Waals surface area contributed by atoms with E-state index >= 15 is 0 Å². The summed E-state index contributed by atoms with van der Waals surface area (Å²) >= 11 is 0. The molecule has 90 valence electrons. The minimum absolute atomic E-state index is 0.672. The van der Waals surface area contributed by atoms with Gasteiger partial charge in [0.2, 0.25) is 0 Å². The Morgan fingerprint density at radius 1 is 1.41 bits per heavy atom. The van der Waals surface area contributed by atoms with Crippen molar-refractivity contribution in [3.8, 4) is 0 Å². The van der Waals surface area contributed by atoms with Crippen LogP contribution < -0.4 is 5.32 Å². The Labute approximate surface area is 99.7 Å². The number of aryl methyl sites for hydroxylation is 1. The largest absolute Gasteiger partial charge is 0.308 e. The number of nitrogens with zero attached hydrogens (tertiary/aromatic N) is 5. The molecular weight excluding hydrogens is 216 g/mol. The van der Waals surface area contributed by atoms with Crippen molar-refractivity contribution in [3.63, 3.8) is 0 Å². The molecule has 2 aromatic heterocycles. The van der Waals surface area contributed by atoms with Gasteiger partial charge < -0.3 is 5.32 Å². The molecule has 0 aromatic carbocycles. The molecular formula is C11H16N6. The van der Waals surface area contributed by atoms with Crippen LogP contribution in [0.5, 0.6) is 0 Å². The van der Waals surface area contributed by atoms with Crippen LogP contribution in [0.2, 0.25) is 0 Å². The van der Waals surface area contributed by atoms with Crippen molar-refractivity contribution in [2.24, 2.45) is 7.05 Å². The summed E-state index contributed by atoms with van der Waals surface area (Å²) in [7, 11) is 1.90. The first kappa shape index (κ1) is 10.5. The van der Waals surface area contributed by atoms with Gasteiger partial charge in [0.05, 0.1) is 5.69 Å². The highest BCUT2D eigenvalue weighted by molar-refractivity contribution is 5.03. The molecule has 0 atom stereocenters. The van der Waals surface area contributed by atoms with E-state index in [-0.39, 0.29) is 0 Å². The Bertz CT molecular complexity index is 496. The SMILES string of the molecule is Cn1ncnc1Cn1nccc1CNC1CC1. The zero-order valence-corrected chi connectivity index (χ0v) is 9.87. The Balaban J connectivity index is 1.69. The standard InChI is InChI=1S/C11H16N6/c1-16-11(13-8-15-16)7-17-10(4-5-14-17)6-12-9-2-3-9/h4-5,8-9,12H,2-3,6-7H2,1H3. The molecule has 6 heteroatoms. The van der Waals surface area contributed by atoms with Gasteiger partial charge in [0.1, 0.15) is 18.7 Å². The number of rotatable bonds is 5. The number of hydrogen-bond acceptors (Lipinski definition) is 4. The van der Waals surface area contributed by atoms with Crippen LogP contribution in [0.1, 0.15) is 24.4 Å². The second kappa shape index (κ2) is 4.29. The predicted molar refractivity (Wildman–Crippen MR) is 62.2 cm³/mol. The zero-order valence-electron chi connectivity index (χ0n) is 9.87. The van der Waals surface area contributed by atoms with E-state index in [1.54, 1.807) is 11.0 Å². The van der Waals surface area contributed by atoms with Gasteiger partial charge in [0.25, 0.3) is 0 Å². The van der Waals surface area contributed by atoms with Gasteiger partial charge in [-0.25, -0.2) is 4.98 Å². The van der Waals surface area contributed by atoms with E-state index in [9.17, 15) is 0 Å². The quantitative estimate of drug-likeness (QED) is 0.806. The molecule has 0 bridgehead atoms. The molecule has 1 fully saturated rings. The van der Waals surface area contributed by atoms with Crippen molar-refractivity contribution in [1.82, 2.24) is 29.9 Å². The fourth-order valence-corrected chi connectivity index (χ4v) is 1.79. The van der Waals surface area contributed by atoms with Gasteiger partial charge in [-0.2, -0.15) is 10.2 Å². The molecule has 1 aliphatic carbocycles. The average Bonchev–Trinajstić information content (AvgIpc) is 2.92. The first-order valence-corrected chi connectivity index (χ1v) is 5.90. The van der Waals surface area contributed by atoms with Crippen LogP contribution in [0.4, 0.5) is 0 Å². The minimum atomic E-state index is 0.672. The summed E-state index contributed by atoms with van der Waals surface area (Å²) in [5, 5.41) is 11.9. The lowest BCUT2D eigenvalue weighted by Gasteiger charge is -2.07. The van der Waals surface area contributed by atoms with E-state index in [0.717, 1.165) is 12.4 Å². The van der Waals surface area contributed by atoms with E-state index in [2.05, 4.69) is 20.5 Å².